The molecule has 27 heavy (non-hydrogen) atoms. The van der Waals surface area contributed by atoms with Crippen molar-refractivity contribution >= 4 is 46.7 Å². The van der Waals surface area contributed by atoms with Gasteiger partial charge in [0, 0.05) is 22.9 Å². The van der Waals surface area contributed by atoms with Gasteiger partial charge in [0.15, 0.2) is 5.16 Å². The monoisotopic (exact) mass is 404 g/mol. The number of hydrogen-bond donors (Lipinski definition) is 3. The van der Waals surface area contributed by atoms with E-state index in [9.17, 15) is 14.4 Å². The second kappa shape index (κ2) is 7.98. The minimum absolute atomic E-state index is 0.115. The lowest BCUT2D eigenvalue weighted by molar-refractivity contribution is -0.123. The van der Waals surface area contributed by atoms with Gasteiger partial charge in [0.2, 0.25) is 11.8 Å². The summed E-state index contributed by atoms with van der Waals surface area (Å²) in [5.41, 5.74) is 1.04. The zero-order valence-electron chi connectivity index (χ0n) is 14.5. The summed E-state index contributed by atoms with van der Waals surface area (Å²) < 4.78 is 0. The van der Waals surface area contributed by atoms with Gasteiger partial charge in [0.25, 0.3) is 5.56 Å². The van der Waals surface area contributed by atoms with Crippen LogP contribution in [-0.4, -0.2) is 27.5 Å². The van der Waals surface area contributed by atoms with Gasteiger partial charge in [-0.15, -0.1) is 6.58 Å². The minimum atomic E-state index is -0.943. The first kappa shape index (κ1) is 19.2. The number of aryl methyl sites for hydroxylation is 1. The number of nitrogens with one attached hydrogen (secondary N) is 3. The van der Waals surface area contributed by atoms with Gasteiger partial charge < -0.3 is 15.6 Å². The van der Waals surface area contributed by atoms with Crippen LogP contribution in [0.3, 0.4) is 0 Å². The first-order valence-corrected chi connectivity index (χ1v) is 9.50. The molecule has 1 aromatic carbocycles. The molecule has 0 saturated heterocycles. The molecule has 0 aliphatic carbocycles. The van der Waals surface area contributed by atoms with Crippen molar-refractivity contribution in [3.8, 4) is 0 Å². The Hall–Kier alpha value is -2.58. The number of nitrogens with zero attached hydrogens (tertiary/aromatic N) is 1. The number of rotatable bonds is 5. The van der Waals surface area contributed by atoms with E-state index in [1.54, 1.807) is 24.3 Å². The average Bonchev–Trinajstić information content (AvgIpc) is 2.61. The lowest BCUT2D eigenvalue weighted by atomic mass is 9.92. The van der Waals surface area contributed by atoms with Crippen molar-refractivity contribution in [2.45, 2.75) is 24.4 Å². The maximum absolute atomic E-state index is 12.8. The van der Waals surface area contributed by atoms with Crippen molar-refractivity contribution in [2.24, 2.45) is 0 Å². The number of carbonyl (C=O) groups excluding carboxylic acids is 2. The molecule has 2 amide bonds. The molecule has 1 atom stereocenters. The van der Waals surface area contributed by atoms with E-state index in [1.807, 2.05) is 6.92 Å². The van der Waals surface area contributed by atoms with E-state index in [1.165, 1.54) is 11.8 Å². The fourth-order valence-corrected chi connectivity index (χ4v) is 3.50. The van der Waals surface area contributed by atoms with Gasteiger partial charge in [0.1, 0.15) is 5.82 Å². The molecule has 1 aliphatic heterocycles. The molecule has 1 aliphatic rings. The number of halogens is 1. The molecular formula is C18H17ClN4O3S. The Bertz CT molecular complexity index is 989. The van der Waals surface area contributed by atoms with E-state index >= 15 is 0 Å². The van der Waals surface area contributed by atoms with Crippen molar-refractivity contribution in [3.63, 3.8) is 0 Å². The summed E-state index contributed by atoms with van der Waals surface area (Å²) in [6.07, 6.45) is 1.54. The highest BCUT2D eigenvalue weighted by Crippen LogP contribution is 2.31. The van der Waals surface area contributed by atoms with E-state index in [-0.39, 0.29) is 23.7 Å². The summed E-state index contributed by atoms with van der Waals surface area (Å²) in [7, 11) is 0. The third-order valence-electron chi connectivity index (χ3n) is 4.04. The Morgan fingerprint density at radius 1 is 1.48 bits per heavy atom. The van der Waals surface area contributed by atoms with Crippen molar-refractivity contribution in [3.05, 3.63) is 57.4 Å². The van der Waals surface area contributed by atoms with Crippen molar-refractivity contribution in [1.82, 2.24) is 9.97 Å². The first-order chi connectivity index (χ1) is 12.9. The Labute approximate surface area is 164 Å². The standard InChI is InChI=1S/C18H17ClN4O3S/c1-3-6-27-18-22-15-14(17(26)23-18)11(8-13(24)21-15)16(25)20-12-7-10(19)5-4-9(12)2/h3-5,7,11H,1,6,8H2,2H3,(H,20,25)(H2,21,22,23,24,26). The van der Waals surface area contributed by atoms with Crippen molar-refractivity contribution in [1.29, 1.82) is 0 Å². The zero-order valence-corrected chi connectivity index (χ0v) is 16.0. The van der Waals surface area contributed by atoms with Crippen LogP contribution in [0.25, 0.3) is 0 Å². The molecular weight excluding hydrogens is 388 g/mol. The Kier molecular flexibility index (Phi) is 5.67. The van der Waals surface area contributed by atoms with E-state index < -0.39 is 17.4 Å². The second-order valence-electron chi connectivity index (χ2n) is 5.99. The maximum atomic E-state index is 12.8. The lowest BCUT2D eigenvalue weighted by Crippen LogP contribution is -2.36. The number of H-pyrrole nitrogens is 1. The average molecular weight is 405 g/mol. The van der Waals surface area contributed by atoms with Gasteiger partial charge in [-0.1, -0.05) is 35.5 Å². The molecule has 3 rings (SSSR count). The van der Waals surface area contributed by atoms with E-state index in [0.29, 0.717) is 21.6 Å². The summed E-state index contributed by atoms with van der Waals surface area (Å²) >= 11 is 7.26. The predicted octanol–water partition coefficient (Wildman–Crippen LogP) is 3.07. The van der Waals surface area contributed by atoms with E-state index in [4.69, 9.17) is 11.6 Å². The third-order valence-corrected chi connectivity index (χ3v) is 5.15. The lowest BCUT2D eigenvalue weighted by Gasteiger charge is -2.23. The Morgan fingerprint density at radius 2 is 2.26 bits per heavy atom. The molecule has 2 heterocycles. The molecule has 1 aromatic heterocycles. The molecule has 1 unspecified atom stereocenters. The fraction of sp³-hybridized carbons (Fsp3) is 0.222. The summed E-state index contributed by atoms with van der Waals surface area (Å²) in [6.45, 7) is 5.44. The van der Waals surface area contributed by atoms with Crippen LogP contribution in [0.1, 0.15) is 23.5 Å². The Balaban J connectivity index is 1.94. The molecule has 0 spiro atoms. The number of benzene rings is 1. The Morgan fingerprint density at radius 3 is 3.00 bits per heavy atom. The summed E-state index contributed by atoms with van der Waals surface area (Å²) in [5, 5.41) is 6.16. The molecule has 7 nitrogen and oxygen atoms in total. The number of carbonyl (C=O) groups is 2. The van der Waals surface area contributed by atoms with Crippen LogP contribution in [0.2, 0.25) is 5.02 Å². The normalized spacial score (nSPS) is 15.6. The second-order valence-corrected chi connectivity index (χ2v) is 7.43. The van der Waals surface area contributed by atoms with Gasteiger partial charge in [-0.3, -0.25) is 14.4 Å². The maximum Gasteiger partial charge on any atom is 0.257 e. The van der Waals surface area contributed by atoms with Crippen LogP contribution in [-0.2, 0) is 9.59 Å². The van der Waals surface area contributed by atoms with Gasteiger partial charge in [-0.05, 0) is 24.6 Å². The van der Waals surface area contributed by atoms with Crippen molar-refractivity contribution < 1.29 is 9.59 Å². The molecule has 0 fully saturated rings. The first-order valence-electron chi connectivity index (χ1n) is 8.14. The zero-order chi connectivity index (χ0) is 19.6. The highest BCUT2D eigenvalue weighted by Gasteiger charge is 2.34. The molecule has 140 valence electrons. The number of aromatic nitrogens is 2. The number of aromatic amines is 1. The predicted molar refractivity (Wildman–Crippen MR) is 107 cm³/mol. The van der Waals surface area contributed by atoms with Crippen LogP contribution >= 0.6 is 23.4 Å². The molecule has 0 radical (unpaired) electrons. The SMILES string of the molecule is C=CCSc1nc2c(c(=O)[nH]1)C(C(=O)Nc1cc(Cl)ccc1C)CC(=O)N2. The number of thioether (sulfide) groups is 1. The van der Waals surface area contributed by atoms with Crippen molar-refractivity contribution in [2.75, 3.05) is 16.4 Å². The largest absolute Gasteiger partial charge is 0.325 e. The number of fused-ring (bicyclic) bond motifs is 1. The quantitative estimate of drug-likeness (QED) is 0.403. The van der Waals surface area contributed by atoms with Crippen LogP contribution < -0.4 is 16.2 Å². The van der Waals surface area contributed by atoms with Gasteiger partial charge in [-0.25, -0.2) is 4.98 Å². The molecule has 3 N–H and O–H groups in total. The number of hydrogen-bond acceptors (Lipinski definition) is 5. The minimum Gasteiger partial charge on any atom is -0.325 e. The smallest absolute Gasteiger partial charge is 0.257 e. The van der Waals surface area contributed by atoms with Crippen LogP contribution in [0.5, 0.6) is 0 Å². The molecule has 0 bridgehead atoms. The van der Waals surface area contributed by atoms with Crippen LogP contribution in [0, 0.1) is 6.92 Å². The number of anilines is 2. The van der Waals surface area contributed by atoms with Gasteiger partial charge in [-0.2, -0.15) is 0 Å². The van der Waals surface area contributed by atoms with Crippen LogP contribution in [0.15, 0.2) is 40.8 Å². The fourth-order valence-electron chi connectivity index (χ4n) is 2.73. The summed E-state index contributed by atoms with van der Waals surface area (Å²) in [4.78, 5) is 44.3. The highest BCUT2D eigenvalue weighted by molar-refractivity contribution is 7.99. The molecule has 2 aromatic rings. The molecule has 9 heteroatoms. The highest BCUT2D eigenvalue weighted by atomic mass is 35.5. The van der Waals surface area contributed by atoms with Crippen LogP contribution in [0.4, 0.5) is 11.5 Å². The van der Waals surface area contributed by atoms with E-state index in [0.717, 1.165) is 5.56 Å². The summed E-state index contributed by atoms with van der Waals surface area (Å²) in [5.74, 6) is -1.11. The van der Waals surface area contributed by atoms with Gasteiger partial charge in [0.05, 0.1) is 11.5 Å². The topological polar surface area (TPSA) is 104 Å². The third kappa shape index (κ3) is 4.23. The van der Waals surface area contributed by atoms with E-state index in [2.05, 4.69) is 27.2 Å². The van der Waals surface area contributed by atoms with Gasteiger partial charge >= 0.3 is 0 Å². The number of amides is 2. The summed E-state index contributed by atoms with van der Waals surface area (Å²) in [6, 6.07) is 5.11. The molecule has 0 saturated carbocycles.